The van der Waals surface area contributed by atoms with E-state index < -0.39 is 0 Å². The van der Waals surface area contributed by atoms with E-state index >= 15 is 0 Å². The van der Waals surface area contributed by atoms with Crippen molar-refractivity contribution in [2.24, 2.45) is 0 Å². The molecule has 0 saturated carbocycles. The van der Waals surface area contributed by atoms with Gasteiger partial charge in [-0.05, 0) is 37.1 Å². The lowest BCUT2D eigenvalue weighted by Crippen LogP contribution is -2.15. The summed E-state index contributed by atoms with van der Waals surface area (Å²) in [6.45, 7) is 8.60. The molecular weight excluding hydrogens is 384 g/mol. The first-order chi connectivity index (χ1) is 14.1. The molecule has 6 nitrogen and oxygen atoms in total. The maximum atomic E-state index is 12.3. The molecule has 0 bridgehead atoms. The number of carbonyl (C=O) groups excluding carboxylic acids is 1. The van der Waals surface area contributed by atoms with Crippen LogP contribution in [0.25, 0.3) is 0 Å². The second-order valence-electron chi connectivity index (χ2n) is 6.50. The number of benzene rings is 2. The normalized spacial score (nSPS) is 10.6. The third-order valence-corrected chi connectivity index (χ3v) is 5.27. The lowest BCUT2D eigenvalue weighted by Gasteiger charge is -2.11. The predicted octanol–water partition coefficient (Wildman–Crippen LogP) is 4.39. The molecule has 0 aliphatic rings. The first-order valence-electron chi connectivity index (χ1n) is 9.28. The van der Waals surface area contributed by atoms with E-state index in [-0.39, 0.29) is 11.7 Å². The summed E-state index contributed by atoms with van der Waals surface area (Å²) in [5, 5.41) is 12.1. The third kappa shape index (κ3) is 5.48. The van der Waals surface area contributed by atoms with Gasteiger partial charge >= 0.3 is 0 Å². The van der Waals surface area contributed by atoms with Gasteiger partial charge in [-0.15, -0.1) is 16.8 Å². The van der Waals surface area contributed by atoms with Gasteiger partial charge in [-0.1, -0.05) is 54.2 Å². The van der Waals surface area contributed by atoms with E-state index in [1.165, 1.54) is 11.8 Å². The van der Waals surface area contributed by atoms with E-state index in [1.54, 1.807) is 6.08 Å². The number of rotatable bonds is 9. The van der Waals surface area contributed by atoms with Crippen LogP contribution in [0, 0.1) is 13.8 Å². The molecule has 2 aromatic carbocycles. The van der Waals surface area contributed by atoms with Crippen LogP contribution in [-0.4, -0.2) is 26.4 Å². The van der Waals surface area contributed by atoms with Gasteiger partial charge in [-0.2, -0.15) is 0 Å². The van der Waals surface area contributed by atoms with Crippen LogP contribution in [0.4, 0.5) is 5.69 Å². The van der Waals surface area contributed by atoms with Crippen molar-refractivity contribution in [3.8, 4) is 5.75 Å². The van der Waals surface area contributed by atoms with Crippen LogP contribution < -0.4 is 10.1 Å². The fourth-order valence-corrected chi connectivity index (χ4v) is 3.50. The minimum atomic E-state index is -0.0878. The van der Waals surface area contributed by atoms with E-state index in [2.05, 4.69) is 22.1 Å². The number of ether oxygens (including phenoxy) is 1. The lowest BCUT2D eigenvalue weighted by molar-refractivity contribution is -0.113. The number of allylic oxidation sites excluding steroid dienone is 1. The first kappa shape index (κ1) is 20.7. The molecule has 1 N–H and O–H groups in total. The number of aromatic nitrogens is 3. The molecule has 29 heavy (non-hydrogen) atoms. The molecule has 3 rings (SSSR count). The SMILES string of the molecule is C=CCn1c(COc2ccccc2C)nnc1SCC(=O)Nc1ccccc1C. The topological polar surface area (TPSA) is 69.0 Å². The molecule has 1 amide bonds. The van der Waals surface area contributed by atoms with Crippen molar-refractivity contribution in [2.45, 2.75) is 32.2 Å². The second kappa shape index (κ2) is 9.93. The Hall–Kier alpha value is -3.06. The summed E-state index contributed by atoms with van der Waals surface area (Å²) in [4.78, 5) is 12.3. The molecule has 0 radical (unpaired) electrons. The zero-order chi connectivity index (χ0) is 20.6. The average Bonchev–Trinajstić information content (AvgIpc) is 3.09. The summed E-state index contributed by atoms with van der Waals surface area (Å²) in [6.07, 6.45) is 1.78. The minimum Gasteiger partial charge on any atom is -0.485 e. The largest absolute Gasteiger partial charge is 0.485 e. The van der Waals surface area contributed by atoms with Crippen LogP contribution in [0.15, 0.2) is 66.3 Å². The molecule has 0 unspecified atom stereocenters. The van der Waals surface area contributed by atoms with Crippen molar-refractivity contribution in [3.63, 3.8) is 0 Å². The Morgan fingerprint density at radius 2 is 1.86 bits per heavy atom. The molecular formula is C22H24N4O2S. The smallest absolute Gasteiger partial charge is 0.234 e. The zero-order valence-corrected chi connectivity index (χ0v) is 17.4. The highest BCUT2D eigenvalue weighted by Gasteiger charge is 2.15. The van der Waals surface area contributed by atoms with Gasteiger partial charge in [0.25, 0.3) is 0 Å². The molecule has 150 valence electrons. The summed E-state index contributed by atoms with van der Waals surface area (Å²) < 4.78 is 7.81. The Balaban J connectivity index is 1.63. The molecule has 0 fully saturated rings. The second-order valence-corrected chi connectivity index (χ2v) is 7.45. The maximum Gasteiger partial charge on any atom is 0.234 e. The van der Waals surface area contributed by atoms with Gasteiger partial charge in [0.15, 0.2) is 11.0 Å². The molecule has 3 aromatic rings. The van der Waals surface area contributed by atoms with Crippen molar-refractivity contribution >= 4 is 23.4 Å². The highest BCUT2D eigenvalue weighted by molar-refractivity contribution is 7.99. The quantitative estimate of drug-likeness (QED) is 0.420. The Bertz CT molecular complexity index is 1000. The molecule has 0 atom stereocenters. The third-order valence-electron chi connectivity index (χ3n) is 4.31. The Morgan fingerprint density at radius 1 is 1.14 bits per heavy atom. The first-order valence-corrected chi connectivity index (χ1v) is 10.3. The standard InChI is InChI=1S/C22H24N4O2S/c1-4-13-26-20(14-28-19-12-8-6-10-17(19)3)24-25-22(26)29-15-21(27)23-18-11-7-5-9-16(18)2/h4-12H,1,13-15H2,2-3H3,(H,23,27). The number of nitrogens with one attached hydrogen (secondary N) is 1. The van der Waals surface area contributed by atoms with Crippen molar-refractivity contribution < 1.29 is 9.53 Å². The number of hydrogen-bond acceptors (Lipinski definition) is 5. The predicted molar refractivity (Wildman–Crippen MR) is 116 cm³/mol. The number of aryl methyl sites for hydroxylation is 2. The number of para-hydroxylation sites is 2. The molecule has 0 spiro atoms. The molecule has 0 aliphatic carbocycles. The van der Waals surface area contributed by atoms with Crippen LogP contribution in [0.2, 0.25) is 0 Å². The van der Waals surface area contributed by atoms with E-state index in [4.69, 9.17) is 4.74 Å². The molecule has 1 aromatic heterocycles. The van der Waals surface area contributed by atoms with E-state index in [0.29, 0.717) is 24.1 Å². The van der Waals surface area contributed by atoms with Crippen LogP contribution >= 0.6 is 11.8 Å². The molecule has 1 heterocycles. The van der Waals surface area contributed by atoms with Crippen LogP contribution in [0.5, 0.6) is 5.75 Å². The highest BCUT2D eigenvalue weighted by atomic mass is 32.2. The van der Waals surface area contributed by atoms with E-state index in [9.17, 15) is 4.79 Å². The number of anilines is 1. The van der Waals surface area contributed by atoms with Gasteiger partial charge in [-0.25, -0.2) is 0 Å². The number of thioether (sulfide) groups is 1. The monoisotopic (exact) mass is 408 g/mol. The van der Waals surface area contributed by atoms with Crippen LogP contribution in [0.3, 0.4) is 0 Å². The van der Waals surface area contributed by atoms with Gasteiger partial charge in [0, 0.05) is 12.2 Å². The summed E-state index contributed by atoms with van der Waals surface area (Å²) >= 11 is 1.34. The van der Waals surface area contributed by atoms with E-state index in [1.807, 2.05) is 66.9 Å². The summed E-state index contributed by atoms with van der Waals surface area (Å²) in [5.74, 6) is 1.65. The fourth-order valence-electron chi connectivity index (χ4n) is 2.74. The maximum absolute atomic E-state index is 12.3. The molecule has 0 saturated heterocycles. The zero-order valence-electron chi connectivity index (χ0n) is 16.6. The van der Waals surface area contributed by atoms with Crippen molar-refractivity contribution in [2.75, 3.05) is 11.1 Å². The molecule has 0 aliphatic heterocycles. The van der Waals surface area contributed by atoms with Crippen molar-refractivity contribution in [3.05, 3.63) is 78.1 Å². The Morgan fingerprint density at radius 3 is 2.59 bits per heavy atom. The van der Waals surface area contributed by atoms with Gasteiger partial charge in [0.1, 0.15) is 12.4 Å². The number of amides is 1. The lowest BCUT2D eigenvalue weighted by atomic mass is 10.2. The molecule has 7 heteroatoms. The van der Waals surface area contributed by atoms with Gasteiger partial charge in [0.2, 0.25) is 5.91 Å². The van der Waals surface area contributed by atoms with Gasteiger partial charge in [-0.3, -0.25) is 9.36 Å². The number of nitrogens with zero attached hydrogens (tertiary/aromatic N) is 3. The van der Waals surface area contributed by atoms with E-state index in [0.717, 1.165) is 22.6 Å². The van der Waals surface area contributed by atoms with Gasteiger partial charge < -0.3 is 10.1 Å². The summed E-state index contributed by atoms with van der Waals surface area (Å²) in [7, 11) is 0. The average molecular weight is 409 g/mol. The fraction of sp³-hybridized carbons (Fsp3) is 0.227. The Labute approximate surface area is 175 Å². The highest BCUT2D eigenvalue weighted by Crippen LogP contribution is 2.21. The summed E-state index contributed by atoms with van der Waals surface area (Å²) in [6, 6.07) is 15.5. The van der Waals surface area contributed by atoms with Gasteiger partial charge in [0.05, 0.1) is 5.75 Å². The Kier molecular flexibility index (Phi) is 7.08. The number of hydrogen-bond donors (Lipinski definition) is 1. The van der Waals surface area contributed by atoms with Crippen molar-refractivity contribution in [1.82, 2.24) is 14.8 Å². The van der Waals surface area contributed by atoms with Crippen LogP contribution in [-0.2, 0) is 17.9 Å². The van der Waals surface area contributed by atoms with Crippen molar-refractivity contribution in [1.29, 1.82) is 0 Å². The summed E-state index contributed by atoms with van der Waals surface area (Å²) in [5.41, 5.74) is 2.90. The minimum absolute atomic E-state index is 0.0878. The van der Waals surface area contributed by atoms with Crippen LogP contribution in [0.1, 0.15) is 17.0 Å². The number of carbonyl (C=O) groups is 1.